The third kappa shape index (κ3) is 6.14. The van der Waals surface area contributed by atoms with Crippen molar-refractivity contribution in [2.45, 2.75) is 19.9 Å². The number of hydrogen-bond donors (Lipinski definition) is 2. The second-order valence-electron chi connectivity index (χ2n) is 5.09. The number of thiophene rings is 1. The molecule has 1 aromatic carbocycles. The smallest absolute Gasteiger partial charge is 0.191 e. The number of hydrogen-bond acceptors (Lipinski definition) is 3. The highest BCUT2D eigenvalue weighted by Crippen LogP contribution is 2.22. The first-order chi connectivity index (χ1) is 11.1. The lowest BCUT2D eigenvalue weighted by Crippen LogP contribution is -2.37. The van der Waals surface area contributed by atoms with Gasteiger partial charge in [0.2, 0.25) is 0 Å². The number of rotatable bonds is 6. The molecule has 0 bridgehead atoms. The lowest BCUT2D eigenvalue weighted by Gasteiger charge is -2.12. The summed E-state index contributed by atoms with van der Waals surface area (Å²) in [5, 5.41) is 9.47. The number of nitrogens with zero attached hydrogens (tertiary/aromatic N) is 1. The Hall–Kier alpha value is -0.990. The molecule has 0 atom stereocenters. The molecule has 0 aliphatic rings. The molecule has 0 fully saturated rings. The van der Waals surface area contributed by atoms with Gasteiger partial charge in [-0.3, -0.25) is 4.99 Å². The zero-order chi connectivity index (χ0) is 16.7. The van der Waals surface area contributed by atoms with Crippen LogP contribution in [0.25, 0.3) is 0 Å². The van der Waals surface area contributed by atoms with Crippen LogP contribution in [-0.4, -0.2) is 26.7 Å². The topological polar surface area (TPSA) is 45.7 Å². The van der Waals surface area contributed by atoms with Crippen LogP contribution in [0.5, 0.6) is 5.75 Å². The summed E-state index contributed by atoms with van der Waals surface area (Å²) in [7, 11) is 3.41. The highest BCUT2D eigenvalue weighted by molar-refractivity contribution is 14.0. The van der Waals surface area contributed by atoms with Gasteiger partial charge >= 0.3 is 0 Å². The molecular weight excluding hydrogens is 457 g/mol. The van der Waals surface area contributed by atoms with Crippen LogP contribution in [0.15, 0.2) is 34.6 Å². The average Bonchev–Trinajstić information content (AvgIpc) is 2.97. The van der Waals surface area contributed by atoms with Crippen molar-refractivity contribution in [2.24, 2.45) is 4.99 Å². The predicted molar refractivity (Wildman–Crippen MR) is 114 cm³/mol. The van der Waals surface area contributed by atoms with Crippen LogP contribution in [0.2, 0.25) is 5.02 Å². The van der Waals surface area contributed by atoms with Crippen molar-refractivity contribution >= 4 is 52.9 Å². The van der Waals surface area contributed by atoms with E-state index in [-0.39, 0.29) is 24.0 Å². The maximum atomic E-state index is 6.25. The Kier molecular flexibility index (Phi) is 9.46. The maximum absolute atomic E-state index is 6.25. The molecule has 0 saturated carbocycles. The molecule has 132 valence electrons. The fourth-order valence-corrected chi connectivity index (χ4v) is 3.25. The number of aliphatic imine (C=N–C) groups is 1. The Balaban J connectivity index is 0.00000288. The SMILES string of the molecule is CN=C(NCCc1ccc(OC)cc1Cl)NCc1sccc1C.I. The summed E-state index contributed by atoms with van der Waals surface area (Å²) in [5.74, 6) is 1.57. The molecule has 1 heterocycles. The van der Waals surface area contributed by atoms with Crippen molar-refractivity contribution in [3.8, 4) is 5.75 Å². The molecule has 2 rings (SSSR count). The van der Waals surface area contributed by atoms with Gasteiger partial charge in [-0.1, -0.05) is 17.7 Å². The van der Waals surface area contributed by atoms with Gasteiger partial charge in [0.15, 0.2) is 5.96 Å². The number of methoxy groups -OCH3 is 1. The molecular formula is C17H23ClIN3OS. The van der Waals surface area contributed by atoms with E-state index < -0.39 is 0 Å². The Morgan fingerprint density at radius 2 is 2.08 bits per heavy atom. The van der Waals surface area contributed by atoms with Crippen molar-refractivity contribution in [1.29, 1.82) is 0 Å². The quantitative estimate of drug-likeness (QED) is 0.370. The van der Waals surface area contributed by atoms with Crippen molar-refractivity contribution in [1.82, 2.24) is 10.6 Å². The first-order valence-electron chi connectivity index (χ1n) is 7.44. The van der Waals surface area contributed by atoms with Gasteiger partial charge in [-0.25, -0.2) is 0 Å². The number of guanidine groups is 1. The number of benzene rings is 1. The number of aryl methyl sites for hydroxylation is 1. The van der Waals surface area contributed by atoms with Gasteiger partial charge in [0, 0.05) is 23.5 Å². The van der Waals surface area contributed by atoms with Gasteiger partial charge in [-0.2, -0.15) is 0 Å². The average molecular weight is 480 g/mol. The maximum Gasteiger partial charge on any atom is 0.191 e. The van der Waals surface area contributed by atoms with Gasteiger partial charge in [0.25, 0.3) is 0 Å². The molecule has 4 nitrogen and oxygen atoms in total. The van der Waals surface area contributed by atoms with E-state index in [2.05, 4.69) is 34.0 Å². The summed E-state index contributed by atoms with van der Waals surface area (Å²) in [6, 6.07) is 7.88. The molecule has 2 aromatic rings. The fraction of sp³-hybridized carbons (Fsp3) is 0.353. The fourth-order valence-electron chi connectivity index (χ4n) is 2.14. The highest BCUT2D eigenvalue weighted by Gasteiger charge is 2.04. The largest absolute Gasteiger partial charge is 0.497 e. The molecule has 0 amide bonds. The van der Waals surface area contributed by atoms with E-state index in [1.54, 1.807) is 25.5 Å². The van der Waals surface area contributed by atoms with Gasteiger partial charge in [0.05, 0.1) is 13.7 Å². The number of halogens is 2. The van der Waals surface area contributed by atoms with Crippen LogP contribution in [0.1, 0.15) is 16.0 Å². The van der Waals surface area contributed by atoms with Crippen LogP contribution in [0.4, 0.5) is 0 Å². The summed E-state index contributed by atoms with van der Waals surface area (Å²) in [6.45, 7) is 3.66. The summed E-state index contributed by atoms with van der Waals surface area (Å²) in [4.78, 5) is 5.57. The van der Waals surface area contributed by atoms with Crippen molar-refractivity contribution in [3.63, 3.8) is 0 Å². The van der Waals surface area contributed by atoms with Crippen molar-refractivity contribution in [2.75, 3.05) is 20.7 Å². The normalized spacial score (nSPS) is 10.9. The molecule has 2 N–H and O–H groups in total. The summed E-state index contributed by atoms with van der Waals surface area (Å²) < 4.78 is 5.16. The monoisotopic (exact) mass is 479 g/mol. The van der Waals surface area contributed by atoms with E-state index in [1.165, 1.54) is 10.4 Å². The van der Waals surface area contributed by atoms with E-state index in [4.69, 9.17) is 16.3 Å². The molecule has 0 aliphatic heterocycles. The lowest BCUT2D eigenvalue weighted by molar-refractivity contribution is 0.414. The van der Waals surface area contributed by atoms with E-state index in [1.807, 2.05) is 18.2 Å². The first kappa shape index (κ1) is 21.1. The molecule has 7 heteroatoms. The van der Waals surface area contributed by atoms with Gasteiger partial charge in [-0.05, 0) is 48.1 Å². The van der Waals surface area contributed by atoms with Crippen molar-refractivity contribution in [3.05, 3.63) is 50.7 Å². The molecule has 0 aliphatic carbocycles. The minimum atomic E-state index is 0. The summed E-state index contributed by atoms with van der Waals surface area (Å²) in [6.07, 6.45) is 0.821. The third-order valence-electron chi connectivity index (χ3n) is 3.56. The van der Waals surface area contributed by atoms with Gasteiger partial charge in [-0.15, -0.1) is 35.3 Å². The molecule has 0 unspecified atom stereocenters. The van der Waals surface area contributed by atoms with E-state index in [9.17, 15) is 0 Å². The lowest BCUT2D eigenvalue weighted by atomic mass is 10.1. The zero-order valence-electron chi connectivity index (χ0n) is 14.1. The van der Waals surface area contributed by atoms with Crippen LogP contribution >= 0.6 is 46.9 Å². The Bertz CT molecular complexity index is 676. The Morgan fingerprint density at radius 1 is 1.29 bits per heavy atom. The van der Waals surface area contributed by atoms with Crippen LogP contribution < -0.4 is 15.4 Å². The van der Waals surface area contributed by atoms with Gasteiger partial charge < -0.3 is 15.4 Å². The second-order valence-corrected chi connectivity index (χ2v) is 6.49. The Labute approximate surface area is 169 Å². The molecule has 0 spiro atoms. The molecule has 1 aromatic heterocycles. The minimum Gasteiger partial charge on any atom is -0.497 e. The van der Waals surface area contributed by atoms with Crippen LogP contribution in [0.3, 0.4) is 0 Å². The Morgan fingerprint density at radius 3 is 2.67 bits per heavy atom. The number of ether oxygens (including phenoxy) is 1. The highest BCUT2D eigenvalue weighted by atomic mass is 127. The van der Waals surface area contributed by atoms with E-state index >= 15 is 0 Å². The van der Waals surface area contributed by atoms with E-state index in [0.29, 0.717) is 0 Å². The second kappa shape index (κ2) is 10.8. The number of nitrogens with one attached hydrogen (secondary N) is 2. The summed E-state index contributed by atoms with van der Waals surface area (Å²) >= 11 is 8.00. The zero-order valence-corrected chi connectivity index (χ0v) is 18.0. The molecule has 24 heavy (non-hydrogen) atoms. The summed E-state index contributed by atoms with van der Waals surface area (Å²) in [5.41, 5.74) is 2.40. The van der Waals surface area contributed by atoms with Crippen molar-refractivity contribution < 1.29 is 4.74 Å². The first-order valence-corrected chi connectivity index (χ1v) is 8.69. The van der Waals surface area contributed by atoms with Gasteiger partial charge in [0.1, 0.15) is 5.75 Å². The molecule has 0 radical (unpaired) electrons. The molecule has 0 saturated heterocycles. The van der Waals surface area contributed by atoms with Crippen LogP contribution in [-0.2, 0) is 13.0 Å². The van der Waals surface area contributed by atoms with Crippen LogP contribution in [0, 0.1) is 6.92 Å². The minimum absolute atomic E-state index is 0. The van der Waals surface area contributed by atoms with E-state index in [0.717, 1.165) is 41.8 Å². The predicted octanol–water partition coefficient (Wildman–Crippen LogP) is 4.24. The third-order valence-corrected chi connectivity index (χ3v) is 4.93. The standard InChI is InChI=1S/C17H22ClN3OS.HI/c1-12-7-9-23-16(12)11-21-17(19-2)20-8-6-13-4-5-14(22-3)10-15(13)18;/h4-5,7,9-10H,6,8,11H2,1-3H3,(H2,19,20,21);1H.